The number of hydrogen-bond acceptors (Lipinski definition) is 7. The molecule has 0 fully saturated rings. The minimum Gasteiger partial charge on any atom is -0.476 e. The summed E-state index contributed by atoms with van der Waals surface area (Å²) in [6.07, 6.45) is 21.5. The minimum atomic E-state index is 0.724. The Labute approximate surface area is 375 Å². The van der Waals surface area contributed by atoms with E-state index in [1.165, 1.54) is 12.0 Å². The van der Waals surface area contributed by atoms with Gasteiger partial charge in [-0.05, 0) is 124 Å². The molecule has 7 nitrogen and oxygen atoms in total. The molecule has 0 saturated heterocycles. The van der Waals surface area contributed by atoms with Crippen molar-refractivity contribution in [1.82, 2.24) is 14.9 Å². The zero-order valence-corrected chi connectivity index (χ0v) is 37.9. The van der Waals surface area contributed by atoms with E-state index in [0.717, 1.165) is 77.8 Å². The van der Waals surface area contributed by atoms with E-state index in [-0.39, 0.29) is 0 Å². The van der Waals surface area contributed by atoms with Crippen LogP contribution >= 0.6 is 0 Å². The van der Waals surface area contributed by atoms with Crippen LogP contribution in [0.2, 0.25) is 0 Å². The number of anilines is 2. The Morgan fingerprint density at radius 3 is 1.48 bits per heavy atom. The summed E-state index contributed by atoms with van der Waals surface area (Å²) in [5, 5.41) is 0. The summed E-state index contributed by atoms with van der Waals surface area (Å²) in [5.74, 6) is 0.727. The fourth-order valence-electron chi connectivity index (χ4n) is 3.90. The van der Waals surface area contributed by atoms with Crippen LogP contribution in [-0.2, 0) is 4.74 Å². The fourth-order valence-corrected chi connectivity index (χ4v) is 3.90. The minimum absolute atomic E-state index is 0.724. The summed E-state index contributed by atoms with van der Waals surface area (Å²) in [5.41, 5.74) is 18.8. The fraction of sp³-hybridized carbons (Fsp3) is 0.182. The SMILES string of the molecule is C=C(C)C1=NCCO1.C=CCCCC=C.C=Cc1ccc(N)cc1.C=Cc1cccc(N)c1.C=Cc1ccccc1.C=Cc1ccccn1.C=Cc1ccncc1.CCN(C)C. The van der Waals surface area contributed by atoms with Gasteiger partial charge in [-0.3, -0.25) is 9.97 Å². The first-order valence-corrected chi connectivity index (χ1v) is 20.3. The molecule has 0 amide bonds. The van der Waals surface area contributed by atoms with Gasteiger partial charge in [0.05, 0.1) is 12.2 Å². The van der Waals surface area contributed by atoms with Gasteiger partial charge < -0.3 is 21.1 Å². The molecular weight excluding hydrogens is 761 g/mol. The van der Waals surface area contributed by atoms with Crippen molar-refractivity contribution in [2.24, 2.45) is 4.99 Å². The normalized spacial score (nSPS) is 9.79. The van der Waals surface area contributed by atoms with Gasteiger partial charge in [-0.15, -0.1) is 13.2 Å². The number of pyridine rings is 2. The molecule has 62 heavy (non-hydrogen) atoms. The molecule has 0 atom stereocenters. The predicted octanol–water partition coefficient (Wildman–Crippen LogP) is 13.7. The molecule has 0 unspecified atom stereocenters. The molecule has 328 valence electrons. The second-order valence-corrected chi connectivity index (χ2v) is 13.0. The van der Waals surface area contributed by atoms with Gasteiger partial charge in [0, 0.05) is 35.5 Å². The zero-order chi connectivity index (χ0) is 46.6. The Morgan fingerprint density at radius 1 is 0.629 bits per heavy atom. The van der Waals surface area contributed by atoms with Crippen molar-refractivity contribution in [3.8, 4) is 0 Å². The van der Waals surface area contributed by atoms with Crippen LogP contribution in [0.25, 0.3) is 30.4 Å². The van der Waals surface area contributed by atoms with Crippen molar-refractivity contribution in [2.75, 3.05) is 45.3 Å². The van der Waals surface area contributed by atoms with E-state index in [2.05, 4.69) is 93.5 Å². The molecule has 1 aliphatic heterocycles. The van der Waals surface area contributed by atoms with Gasteiger partial charge in [0.15, 0.2) is 0 Å². The van der Waals surface area contributed by atoms with Crippen molar-refractivity contribution in [3.63, 3.8) is 0 Å². The molecule has 2 aromatic heterocycles. The molecule has 3 heterocycles. The maximum Gasteiger partial charge on any atom is 0.211 e. The molecule has 7 heteroatoms. The second-order valence-electron chi connectivity index (χ2n) is 13.0. The van der Waals surface area contributed by atoms with Gasteiger partial charge >= 0.3 is 0 Å². The summed E-state index contributed by atoms with van der Waals surface area (Å²) in [6.45, 7) is 35.6. The van der Waals surface area contributed by atoms with Crippen LogP contribution in [0.3, 0.4) is 0 Å². The van der Waals surface area contributed by atoms with Crippen LogP contribution in [0.1, 0.15) is 61.1 Å². The number of nitrogen functional groups attached to an aromatic ring is 2. The average Bonchev–Trinajstić information content (AvgIpc) is 3.88. The van der Waals surface area contributed by atoms with Crippen LogP contribution in [0.5, 0.6) is 0 Å². The van der Waals surface area contributed by atoms with E-state index in [4.69, 9.17) is 16.2 Å². The number of aromatic nitrogens is 2. The number of allylic oxidation sites excluding steroid dienone is 2. The van der Waals surface area contributed by atoms with Crippen LogP contribution in [0, 0.1) is 0 Å². The lowest BCUT2D eigenvalue weighted by Gasteiger charge is -2.00. The lowest BCUT2D eigenvalue weighted by molar-refractivity contribution is 0.347. The first-order valence-electron chi connectivity index (χ1n) is 20.3. The smallest absolute Gasteiger partial charge is 0.211 e. The quantitative estimate of drug-likeness (QED) is 0.0780. The molecule has 4 N–H and O–H groups in total. The van der Waals surface area contributed by atoms with E-state index in [9.17, 15) is 0 Å². The lowest BCUT2D eigenvalue weighted by Crippen LogP contribution is -2.08. The highest BCUT2D eigenvalue weighted by molar-refractivity contribution is 5.93. The molecule has 6 rings (SSSR count). The number of nitrogens with zero attached hydrogens (tertiary/aromatic N) is 4. The van der Waals surface area contributed by atoms with E-state index >= 15 is 0 Å². The summed E-state index contributed by atoms with van der Waals surface area (Å²) in [6, 6.07) is 34.8. The van der Waals surface area contributed by atoms with Crippen molar-refractivity contribution >= 4 is 47.7 Å². The van der Waals surface area contributed by atoms with Crippen LogP contribution in [-0.4, -0.2) is 54.6 Å². The Bertz CT molecular complexity index is 1840. The summed E-state index contributed by atoms with van der Waals surface area (Å²) in [7, 11) is 4.11. The van der Waals surface area contributed by atoms with Gasteiger partial charge in [-0.1, -0.05) is 144 Å². The van der Waals surface area contributed by atoms with E-state index < -0.39 is 0 Å². The van der Waals surface area contributed by atoms with Gasteiger partial charge in [-0.2, -0.15) is 0 Å². The molecule has 0 spiro atoms. The molecular formula is C55H72N6O. The van der Waals surface area contributed by atoms with Crippen LogP contribution in [0.15, 0.2) is 203 Å². The molecule has 5 aromatic rings. The summed E-state index contributed by atoms with van der Waals surface area (Å²) in [4.78, 5) is 14.0. The number of hydrogen-bond donors (Lipinski definition) is 2. The molecule has 3 aromatic carbocycles. The second kappa shape index (κ2) is 40.7. The maximum atomic E-state index is 5.49. The number of nitrogens with two attached hydrogens (primary N) is 2. The first-order chi connectivity index (χ1) is 29.9. The standard InChI is InChI=1S/2C8H9N.C8H8.2C7H7N.C7H12.C6H9NO.C4H11N/c1-2-7-3-5-8(9)6-4-7;1-2-7-4-3-5-8(9)6-7;1-2-8-6-4-3-5-7-8;1-2-7-3-5-8-6-4-7;1-2-7-5-3-4-6-8-7;1-3-5-7-6-4-2;1-5(2)6-7-3-4-8-6;1-4-5(2)3/h2*2-6H,1,9H2;2-7H,1H2;2*2-6H,1H2;3-4H,1-2,5-7H2;1,3-4H2,2H3;4H2,1-3H3. The molecule has 1 aliphatic rings. The molecule has 0 bridgehead atoms. The Hall–Kier alpha value is -7.09. The largest absolute Gasteiger partial charge is 0.476 e. The average molecular weight is 833 g/mol. The first kappa shape index (κ1) is 57.0. The summed E-state index contributed by atoms with van der Waals surface area (Å²) >= 11 is 0. The Morgan fingerprint density at radius 2 is 1.15 bits per heavy atom. The van der Waals surface area contributed by atoms with Crippen LogP contribution in [0.4, 0.5) is 11.4 Å². The third kappa shape index (κ3) is 34.9. The van der Waals surface area contributed by atoms with Gasteiger partial charge in [0.2, 0.25) is 5.90 Å². The number of benzene rings is 3. The van der Waals surface area contributed by atoms with E-state index in [1.807, 2.05) is 134 Å². The monoisotopic (exact) mass is 833 g/mol. The van der Waals surface area contributed by atoms with Crippen molar-refractivity contribution < 1.29 is 4.74 Å². The number of aliphatic imine (C=N–C) groups is 1. The van der Waals surface area contributed by atoms with Crippen molar-refractivity contribution in [2.45, 2.75) is 33.1 Å². The number of unbranched alkanes of at least 4 members (excludes halogenated alkanes) is 2. The van der Waals surface area contributed by atoms with Crippen molar-refractivity contribution in [3.05, 3.63) is 226 Å². The van der Waals surface area contributed by atoms with E-state index in [0.29, 0.717) is 0 Å². The Balaban J connectivity index is 0. The maximum absolute atomic E-state index is 5.49. The number of rotatable bonds is 11. The molecule has 0 aliphatic carbocycles. The highest BCUT2D eigenvalue weighted by Gasteiger charge is 2.05. The van der Waals surface area contributed by atoms with Gasteiger partial charge in [0.1, 0.15) is 6.61 Å². The number of ether oxygens (including phenoxy) is 1. The molecule has 0 saturated carbocycles. The molecule has 0 radical (unpaired) electrons. The van der Waals surface area contributed by atoms with E-state index in [1.54, 1.807) is 42.9 Å². The highest BCUT2D eigenvalue weighted by atomic mass is 16.5. The van der Waals surface area contributed by atoms with Gasteiger partial charge in [-0.25, -0.2) is 4.99 Å². The Kier molecular flexibility index (Phi) is 37.4. The van der Waals surface area contributed by atoms with Crippen molar-refractivity contribution in [1.29, 1.82) is 0 Å². The predicted molar refractivity (Wildman–Crippen MR) is 279 cm³/mol. The highest BCUT2D eigenvalue weighted by Crippen LogP contribution is 2.07. The van der Waals surface area contributed by atoms with Crippen LogP contribution < -0.4 is 11.5 Å². The zero-order valence-electron chi connectivity index (χ0n) is 37.9. The summed E-state index contributed by atoms with van der Waals surface area (Å²) < 4.78 is 5.06. The third-order valence-corrected chi connectivity index (χ3v) is 7.59. The topological polar surface area (TPSA) is 103 Å². The lowest BCUT2D eigenvalue weighted by atomic mass is 10.2. The van der Waals surface area contributed by atoms with Gasteiger partial charge in [0.25, 0.3) is 0 Å². The third-order valence-electron chi connectivity index (χ3n) is 7.59.